The molecule has 1 saturated heterocycles. The van der Waals surface area contributed by atoms with Crippen LogP contribution in [0.5, 0.6) is 0 Å². The first kappa shape index (κ1) is 35.3. The van der Waals surface area contributed by atoms with Gasteiger partial charge in [-0.25, -0.2) is 4.79 Å². The minimum absolute atomic E-state index is 0.0877. The fourth-order valence-corrected chi connectivity index (χ4v) is 4.22. The monoisotopic (exact) mass is 612 g/mol. The summed E-state index contributed by atoms with van der Waals surface area (Å²) in [5, 5.41) is 35.5. The van der Waals surface area contributed by atoms with E-state index in [0.717, 1.165) is 24.0 Å². The molecule has 19 heteroatoms. The minimum atomic E-state index is -1.82. The molecule has 1 aliphatic heterocycles. The minimum Gasteiger partial charge on any atom is -0.388 e. The average molecular weight is 613 g/mol. The maximum absolute atomic E-state index is 13.3. The molecule has 6 atom stereocenters. The zero-order valence-electron chi connectivity index (χ0n) is 24.1. The number of likely N-dealkylation sites (N-methyl/N-ethyl adjacent to an activating group) is 1. The van der Waals surface area contributed by atoms with Crippen LogP contribution in [-0.4, -0.2) is 120 Å². The number of aromatic nitrogens is 2. The summed E-state index contributed by atoms with van der Waals surface area (Å²) in [5.74, 6) is -2.60. The lowest BCUT2D eigenvalue weighted by Gasteiger charge is -2.43. The molecule has 1 fully saturated rings. The van der Waals surface area contributed by atoms with Crippen molar-refractivity contribution in [2.45, 2.75) is 55.9 Å². The van der Waals surface area contributed by atoms with Crippen LogP contribution in [0.1, 0.15) is 25.5 Å². The number of amides is 3. The van der Waals surface area contributed by atoms with Crippen molar-refractivity contribution in [3.63, 3.8) is 0 Å². The largest absolute Gasteiger partial charge is 0.388 e. The fourth-order valence-electron chi connectivity index (χ4n) is 4.22. The number of anilines is 1. The van der Waals surface area contributed by atoms with Crippen LogP contribution in [0.25, 0.3) is 0 Å². The SMILES string of the molecule is CNCC(=O)N[C@H](CN=C(N)N)C(=O)N[C@H]1[C@H](O)[C@@H](O)[C@H](n2ccc(N)nc2=O)O[C@@H]1C(=O)NCCCNCCCCN. The van der Waals surface area contributed by atoms with Gasteiger partial charge in [0.25, 0.3) is 5.91 Å². The fraction of sp³-hybridized carbons (Fsp3) is 0.667. The molecule has 1 aromatic heterocycles. The molecule has 0 bridgehead atoms. The first-order chi connectivity index (χ1) is 20.5. The van der Waals surface area contributed by atoms with Gasteiger partial charge in [0.2, 0.25) is 11.8 Å². The highest BCUT2D eigenvalue weighted by Crippen LogP contribution is 2.28. The third-order valence-corrected chi connectivity index (χ3v) is 6.40. The van der Waals surface area contributed by atoms with Crippen LogP contribution in [0.15, 0.2) is 22.1 Å². The van der Waals surface area contributed by atoms with Gasteiger partial charge in [-0.3, -0.25) is 23.9 Å². The number of carbonyl (C=O) groups is 3. The van der Waals surface area contributed by atoms with Gasteiger partial charge in [0, 0.05) is 12.7 Å². The Bertz CT molecular complexity index is 1150. The quantitative estimate of drug-likeness (QED) is 0.0443. The number of carbonyl (C=O) groups excluding carboxylic acids is 3. The number of nitrogens with zero attached hydrogens (tertiary/aromatic N) is 3. The normalized spacial score (nSPS) is 22.3. The van der Waals surface area contributed by atoms with Crippen LogP contribution < -0.4 is 55.2 Å². The molecule has 242 valence electrons. The zero-order chi connectivity index (χ0) is 31.9. The Kier molecular flexibility index (Phi) is 14.7. The van der Waals surface area contributed by atoms with Crippen molar-refractivity contribution >= 4 is 29.5 Å². The molecule has 19 nitrogen and oxygen atoms in total. The lowest BCUT2D eigenvalue weighted by Crippen LogP contribution is -2.67. The van der Waals surface area contributed by atoms with E-state index in [9.17, 15) is 29.4 Å². The predicted octanol–water partition coefficient (Wildman–Crippen LogP) is -6.26. The van der Waals surface area contributed by atoms with Gasteiger partial charge in [-0.15, -0.1) is 0 Å². The summed E-state index contributed by atoms with van der Waals surface area (Å²) in [6.07, 6.45) is -3.22. The number of nitrogens with one attached hydrogen (secondary N) is 5. The Balaban J connectivity index is 2.26. The van der Waals surface area contributed by atoms with E-state index in [-0.39, 0.29) is 31.4 Å². The van der Waals surface area contributed by atoms with E-state index in [0.29, 0.717) is 19.5 Å². The van der Waals surface area contributed by atoms with Crippen LogP contribution in [0.3, 0.4) is 0 Å². The third-order valence-electron chi connectivity index (χ3n) is 6.40. The summed E-state index contributed by atoms with van der Waals surface area (Å²) < 4.78 is 6.69. The molecule has 0 unspecified atom stereocenters. The van der Waals surface area contributed by atoms with E-state index in [1.165, 1.54) is 19.3 Å². The number of nitrogen functional groups attached to an aromatic ring is 1. The van der Waals surface area contributed by atoms with Crippen LogP contribution in [0.4, 0.5) is 5.82 Å². The van der Waals surface area contributed by atoms with Crippen molar-refractivity contribution in [3.8, 4) is 0 Å². The summed E-state index contributed by atoms with van der Waals surface area (Å²) in [4.78, 5) is 58.6. The number of hydrogen-bond donors (Lipinski definition) is 11. The van der Waals surface area contributed by atoms with Crippen molar-refractivity contribution < 1.29 is 29.3 Å². The standard InChI is InChI=1S/C24H44N12O7/c1-29-12-15(37)33-13(11-32-23(27)28)20(40)35-16-17(38)18(39)22(36-10-5-14(26)34-24(36)42)43-19(16)21(41)31-9-4-8-30-7-3-2-6-25/h5,10,13,16-19,22,29-30,38-39H,2-4,6-9,11-12,25H2,1H3,(H,31,41)(H,33,37)(H,35,40)(H2,26,34,42)(H4,27,28,32)/t13-,16+,17+,18-,19+,22-/m1/s1. The molecule has 1 aliphatic rings. The van der Waals surface area contributed by atoms with Gasteiger partial charge in [0.1, 0.15) is 24.1 Å². The van der Waals surface area contributed by atoms with Crippen molar-refractivity contribution in [1.82, 2.24) is 36.1 Å². The van der Waals surface area contributed by atoms with E-state index in [4.69, 9.17) is 27.7 Å². The Morgan fingerprint density at radius 3 is 2.51 bits per heavy atom. The number of aliphatic hydroxyl groups is 2. The van der Waals surface area contributed by atoms with Gasteiger partial charge in [0.15, 0.2) is 18.3 Å². The Labute approximate surface area is 248 Å². The van der Waals surface area contributed by atoms with E-state index < -0.39 is 60.0 Å². The number of unbranched alkanes of at least 4 members (excludes halogenated alkanes) is 1. The number of rotatable bonds is 17. The molecule has 2 heterocycles. The molecule has 15 N–H and O–H groups in total. The van der Waals surface area contributed by atoms with Crippen molar-refractivity contribution in [1.29, 1.82) is 0 Å². The predicted molar refractivity (Wildman–Crippen MR) is 156 cm³/mol. The lowest BCUT2D eigenvalue weighted by atomic mass is 9.94. The molecule has 0 aliphatic carbocycles. The Morgan fingerprint density at radius 1 is 1.14 bits per heavy atom. The molecule has 2 rings (SSSR count). The number of aliphatic imine (C=N–C) groups is 1. The van der Waals surface area contributed by atoms with Crippen LogP contribution >= 0.6 is 0 Å². The average Bonchev–Trinajstić information content (AvgIpc) is 2.95. The van der Waals surface area contributed by atoms with Crippen LogP contribution in [-0.2, 0) is 19.1 Å². The summed E-state index contributed by atoms with van der Waals surface area (Å²) >= 11 is 0. The first-order valence-corrected chi connectivity index (χ1v) is 13.8. The van der Waals surface area contributed by atoms with Gasteiger partial charge in [-0.05, 0) is 52.0 Å². The highest BCUT2D eigenvalue weighted by Gasteiger charge is 2.49. The molecule has 0 radical (unpaired) electrons. The number of aliphatic hydroxyl groups excluding tert-OH is 2. The van der Waals surface area contributed by atoms with Gasteiger partial charge in [-0.1, -0.05) is 0 Å². The number of nitrogens with two attached hydrogens (primary N) is 4. The lowest BCUT2D eigenvalue weighted by molar-refractivity contribution is -0.213. The maximum Gasteiger partial charge on any atom is 0.351 e. The second-order valence-corrected chi connectivity index (χ2v) is 9.81. The van der Waals surface area contributed by atoms with Gasteiger partial charge < -0.3 is 64.5 Å². The van der Waals surface area contributed by atoms with Crippen LogP contribution in [0, 0.1) is 0 Å². The Hall–Kier alpha value is -3.88. The topological polar surface area (TPSA) is 312 Å². The van der Waals surface area contributed by atoms with E-state index >= 15 is 0 Å². The van der Waals surface area contributed by atoms with E-state index in [1.807, 2.05) is 0 Å². The van der Waals surface area contributed by atoms with Crippen LogP contribution in [0.2, 0.25) is 0 Å². The molecule has 3 amide bonds. The van der Waals surface area contributed by atoms with Gasteiger partial charge in [0.05, 0.1) is 19.1 Å². The molecule has 0 aromatic carbocycles. The van der Waals surface area contributed by atoms with E-state index in [2.05, 4.69) is 36.6 Å². The highest BCUT2D eigenvalue weighted by atomic mass is 16.5. The molecule has 1 aromatic rings. The summed E-state index contributed by atoms with van der Waals surface area (Å²) in [6.45, 7) is 1.70. The third kappa shape index (κ3) is 11.0. The molecule has 0 saturated carbocycles. The number of ether oxygens (including phenoxy) is 1. The Morgan fingerprint density at radius 2 is 1.86 bits per heavy atom. The van der Waals surface area contributed by atoms with E-state index in [1.54, 1.807) is 0 Å². The second-order valence-electron chi connectivity index (χ2n) is 9.81. The number of hydrogen-bond acceptors (Lipinski definition) is 13. The van der Waals surface area contributed by atoms with Gasteiger partial charge >= 0.3 is 5.69 Å². The molecule has 43 heavy (non-hydrogen) atoms. The summed E-state index contributed by atoms with van der Waals surface area (Å²) in [6, 6.07) is -1.56. The second kappa shape index (κ2) is 17.9. The van der Waals surface area contributed by atoms with Crippen molar-refractivity contribution in [3.05, 3.63) is 22.7 Å². The molecular formula is C24H44N12O7. The molecule has 0 spiro atoms. The number of guanidine groups is 1. The van der Waals surface area contributed by atoms with Crippen molar-refractivity contribution in [2.24, 2.45) is 22.2 Å². The molecular weight excluding hydrogens is 568 g/mol. The smallest absolute Gasteiger partial charge is 0.351 e. The summed E-state index contributed by atoms with van der Waals surface area (Å²) in [7, 11) is 1.53. The zero-order valence-corrected chi connectivity index (χ0v) is 24.1. The first-order valence-electron chi connectivity index (χ1n) is 13.8. The summed E-state index contributed by atoms with van der Waals surface area (Å²) in [5.41, 5.74) is 20.9. The van der Waals surface area contributed by atoms with Gasteiger partial charge in [-0.2, -0.15) is 4.98 Å². The van der Waals surface area contributed by atoms with Crippen molar-refractivity contribution in [2.75, 3.05) is 52.0 Å². The highest BCUT2D eigenvalue weighted by molar-refractivity contribution is 5.90. The maximum atomic E-state index is 13.3.